The molecule has 0 atom stereocenters. The van der Waals surface area contributed by atoms with Gasteiger partial charge in [0.25, 0.3) is 5.91 Å². The van der Waals surface area contributed by atoms with Crippen LogP contribution < -0.4 is 5.32 Å². The van der Waals surface area contributed by atoms with Crippen molar-refractivity contribution in [2.45, 2.75) is 31.7 Å². The van der Waals surface area contributed by atoms with Crippen LogP contribution in [-0.4, -0.2) is 17.7 Å². The van der Waals surface area contributed by atoms with Gasteiger partial charge < -0.3 is 5.32 Å². The molecule has 1 aliphatic carbocycles. The van der Waals surface area contributed by atoms with E-state index in [1.54, 1.807) is 0 Å². The van der Waals surface area contributed by atoms with Crippen LogP contribution in [0.1, 0.15) is 36.0 Å². The summed E-state index contributed by atoms with van der Waals surface area (Å²) in [4.78, 5) is 22.9. The molecule has 1 aliphatic rings. The van der Waals surface area contributed by atoms with Gasteiger partial charge in [0.1, 0.15) is 17.4 Å². The first-order chi connectivity index (χ1) is 8.97. The lowest BCUT2D eigenvalue weighted by Gasteiger charge is -2.22. The largest absolute Gasteiger partial charge is 0.349 e. The molecule has 19 heavy (non-hydrogen) atoms. The van der Waals surface area contributed by atoms with Gasteiger partial charge in [0.05, 0.1) is 10.6 Å². The Morgan fingerprint density at radius 1 is 1.21 bits per heavy atom. The standard InChI is InChI=1S/C13H12ClF2NO2/c14-10-6-11(15)9(5-12(10)16)13(19)17-7-1-3-8(18)4-2-7/h5-7H,1-4H2,(H,17,19). The lowest BCUT2D eigenvalue weighted by atomic mass is 9.94. The molecule has 0 radical (unpaired) electrons. The van der Waals surface area contributed by atoms with E-state index >= 15 is 0 Å². The third-order valence-corrected chi connectivity index (χ3v) is 3.42. The summed E-state index contributed by atoms with van der Waals surface area (Å²) in [5.74, 6) is -2.23. The van der Waals surface area contributed by atoms with Crippen molar-refractivity contribution in [1.29, 1.82) is 0 Å². The first kappa shape index (κ1) is 13.9. The minimum absolute atomic E-state index is 0.161. The normalized spacial score (nSPS) is 16.5. The van der Waals surface area contributed by atoms with Crippen molar-refractivity contribution in [1.82, 2.24) is 5.32 Å². The Kier molecular flexibility index (Phi) is 4.14. The predicted molar refractivity (Wildman–Crippen MR) is 66.1 cm³/mol. The Morgan fingerprint density at radius 2 is 1.84 bits per heavy atom. The molecule has 102 valence electrons. The second-order valence-electron chi connectivity index (χ2n) is 4.53. The van der Waals surface area contributed by atoms with Crippen LogP contribution >= 0.6 is 11.6 Å². The van der Waals surface area contributed by atoms with E-state index in [1.807, 2.05) is 0 Å². The van der Waals surface area contributed by atoms with Crippen molar-refractivity contribution in [2.75, 3.05) is 0 Å². The number of rotatable bonds is 2. The highest BCUT2D eigenvalue weighted by molar-refractivity contribution is 6.30. The first-order valence-electron chi connectivity index (χ1n) is 5.94. The summed E-state index contributed by atoms with van der Waals surface area (Å²) < 4.78 is 26.8. The average molecular weight is 288 g/mol. The van der Waals surface area contributed by atoms with Crippen molar-refractivity contribution in [3.63, 3.8) is 0 Å². The number of halogens is 3. The second kappa shape index (κ2) is 5.65. The van der Waals surface area contributed by atoms with Crippen molar-refractivity contribution in [3.05, 3.63) is 34.4 Å². The summed E-state index contributed by atoms with van der Waals surface area (Å²) in [5.41, 5.74) is -0.376. The molecule has 6 heteroatoms. The highest BCUT2D eigenvalue weighted by Crippen LogP contribution is 2.20. The number of amides is 1. The number of carbonyl (C=O) groups excluding carboxylic acids is 2. The van der Waals surface area contributed by atoms with Gasteiger partial charge in [-0.25, -0.2) is 8.78 Å². The van der Waals surface area contributed by atoms with Crippen LogP contribution in [-0.2, 0) is 4.79 Å². The van der Waals surface area contributed by atoms with Crippen LogP contribution in [0.4, 0.5) is 8.78 Å². The molecule has 0 aliphatic heterocycles. The molecule has 1 amide bonds. The van der Waals surface area contributed by atoms with Gasteiger partial charge in [-0.2, -0.15) is 0 Å². The smallest absolute Gasteiger partial charge is 0.254 e. The number of nitrogens with one attached hydrogen (secondary N) is 1. The van der Waals surface area contributed by atoms with Crippen LogP contribution in [0.15, 0.2) is 12.1 Å². The minimum Gasteiger partial charge on any atom is -0.349 e. The van der Waals surface area contributed by atoms with E-state index in [0.717, 1.165) is 12.1 Å². The number of hydrogen-bond donors (Lipinski definition) is 1. The lowest BCUT2D eigenvalue weighted by molar-refractivity contribution is -0.120. The van der Waals surface area contributed by atoms with E-state index in [9.17, 15) is 18.4 Å². The molecule has 0 saturated heterocycles. The summed E-state index contributed by atoms with van der Waals surface area (Å²) in [6, 6.07) is 1.38. The lowest BCUT2D eigenvalue weighted by Crippen LogP contribution is -2.38. The summed E-state index contributed by atoms with van der Waals surface area (Å²) in [7, 11) is 0. The molecule has 0 heterocycles. The first-order valence-corrected chi connectivity index (χ1v) is 6.32. The Bertz CT molecular complexity index is 524. The number of Topliss-reactive ketones (excluding diaryl/α,β-unsaturated/α-hetero) is 1. The van der Waals surface area contributed by atoms with Crippen LogP contribution in [0.25, 0.3) is 0 Å². The van der Waals surface area contributed by atoms with Crippen LogP contribution in [0.3, 0.4) is 0 Å². The topological polar surface area (TPSA) is 46.2 Å². The molecule has 0 aromatic heterocycles. The zero-order chi connectivity index (χ0) is 14.0. The number of carbonyl (C=O) groups is 2. The van der Waals surface area contributed by atoms with Crippen LogP contribution in [0, 0.1) is 11.6 Å². The maximum Gasteiger partial charge on any atom is 0.254 e. The Balaban J connectivity index is 2.08. The van der Waals surface area contributed by atoms with Crippen molar-refractivity contribution < 1.29 is 18.4 Å². The van der Waals surface area contributed by atoms with E-state index in [1.165, 1.54) is 0 Å². The fraction of sp³-hybridized carbons (Fsp3) is 0.385. The van der Waals surface area contributed by atoms with E-state index in [-0.39, 0.29) is 22.4 Å². The maximum atomic E-state index is 13.5. The quantitative estimate of drug-likeness (QED) is 0.850. The highest BCUT2D eigenvalue weighted by atomic mass is 35.5. The summed E-state index contributed by atoms with van der Waals surface area (Å²) in [6.07, 6.45) is 1.87. The second-order valence-corrected chi connectivity index (χ2v) is 4.94. The molecular weight excluding hydrogens is 276 g/mol. The molecule has 1 aromatic rings. The molecule has 1 fully saturated rings. The molecule has 1 aromatic carbocycles. The van der Waals surface area contributed by atoms with Gasteiger partial charge in [0.2, 0.25) is 0 Å². The van der Waals surface area contributed by atoms with Crippen LogP contribution in [0.2, 0.25) is 5.02 Å². The van der Waals surface area contributed by atoms with E-state index in [2.05, 4.69) is 5.32 Å². The Hall–Kier alpha value is -1.49. The SMILES string of the molecule is O=C1CCC(NC(=O)c2cc(F)c(Cl)cc2F)CC1. The van der Waals surface area contributed by atoms with Gasteiger partial charge in [-0.05, 0) is 25.0 Å². The maximum absolute atomic E-state index is 13.5. The molecule has 3 nitrogen and oxygen atoms in total. The average Bonchev–Trinajstić information content (AvgIpc) is 2.36. The predicted octanol–water partition coefficient (Wildman–Crippen LogP) is 2.86. The van der Waals surface area contributed by atoms with Crippen LogP contribution in [0.5, 0.6) is 0 Å². The van der Waals surface area contributed by atoms with E-state index in [4.69, 9.17) is 11.6 Å². The number of benzene rings is 1. The molecule has 1 N–H and O–H groups in total. The molecule has 0 spiro atoms. The van der Waals surface area contributed by atoms with Gasteiger partial charge in [0, 0.05) is 18.9 Å². The van der Waals surface area contributed by atoms with Gasteiger partial charge >= 0.3 is 0 Å². The summed E-state index contributed by atoms with van der Waals surface area (Å²) >= 11 is 5.41. The monoisotopic (exact) mass is 287 g/mol. The van der Waals surface area contributed by atoms with Gasteiger partial charge in [-0.3, -0.25) is 9.59 Å². The van der Waals surface area contributed by atoms with Crippen molar-refractivity contribution in [3.8, 4) is 0 Å². The van der Waals surface area contributed by atoms with Gasteiger partial charge in [0.15, 0.2) is 0 Å². The van der Waals surface area contributed by atoms with E-state index in [0.29, 0.717) is 25.7 Å². The third-order valence-electron chi connectivity index (χ3n) is 3.13. The minimum atomic E-state index is -0.865. The Morgan fingerprint density at radius 3 is 2.47 bits per heavy atom. The zero-order valence-electron chi connectivity index (χ0n) is 10.0. The van der Waals surface area contributed by atoms with Crippen molar-refractivity contribution in [2.24, 2.45) is 0 Å². The zero-order valence-corrected chi connectivity index (χ0v) is 10.8. The van der Waals surface area contributed by atoms with Crippen molar-refractivity contribution >= 4 is 23.3 Å². The number of ketones is 1. The third kappa shape index (κ3) is 3.29. The molecular formula is C13H12ClF2NO2. The van der Waals surface area contributed by atoms with Gasteiger partial charge in [-0.1, -0.05) is 11.6 Å². The molecule has 0 bridgehead atoms. The molecule has 2 rings (SSSR count). The summed E-state index contributed by atoms with van der Waals surface area (Å²) in [6.45, 7) is 0. The molecule has 0 unspecified atom stereocenters. The Labute approximate surface area is 113 Å². The van der Waals surface area contributed by atoms with E-state index < -0.39 is 17.5 Å². The summed E-state index contributed by atoms with van der Waals surface area (Å²) in [5, 5.41) is 2.24. The van der Waals surface area contributed by atoms with Gasteiger partial charge in [-0.15, -0.1) is 0 Å². The fourth-order valence-corrected chi connectivity index (χ4v) is 2.19. The fourth-order valence-electron chi connectivity index (χ4n) is 2.04. The highest BCUT2D eigenvalue weighted by Gasteiger charge is 2.22. The number of hydrogen-bond acceptors (Lipinski definition) is 2. The molecule has 1 saturated carbocycles.